The number of ether oxygens (including phenoxy) is 1. The number of hydrogen-bond acceptors (Lipinski definition) is 4. The van der Waals surface area contributed by atoms with Crippen LogP contribution in [0, 0.1) is 0 Å². The predicted molar refractivity (Wildman–Crippen MR) is 86.2 cm³/mol. The molecule has 0 aliphatic heterocycles. The maximum atomic E-state index is 8.91. The smallest absolute Gasteiger partial charge is 0.129 e. The largest absolute Gasteiger partial charge is 0.492 e. The third-order valence-electron chi connectivity index (χ3n) is 3.12. The molecule has 0 atom stereocenters. The SMILES string of the molecule is CC(C)N(CCCO)CCOc1ccccc1C(N)=S. The highest BCUT2D eigenvalue weighted by Gasteiger charge is 2.10. The molecule has 1 aromatic rings. The summed E-state index contributed by atoms with van der Waals surface area (Å²) in [6, 6.07) is 7.97. The van der Waals surface area contributed by atoms with E-state index >= 15 is 0 Å². The molecule has 0 aromatic heterocycles. The number of para-hydroxylation sites is 1. The lowest BCUT2D eigenvalue weighted by Gasteiger charge is -2.26. The molecule has 0 spiro atoms. The van der Waals surface area contributed by atoms with Gasteiger partial charge in [0.25, 0.3) is 0 Å². The van der Waals surface area contributed by atoms with Gasteiger partial charge in [-0.05, 0) is 32.4 Å². The molecule has 0 aliphatic carbocycles. The summed E-state index contributed by atoms with van der Waals surface area (Å²) in [5.41, 5.74) is 6.45. The van der Waals surface area contributed by atoms with Crippen molar-refractivity contribution in [2.24, 2.45) is 5.73 Å². The standard InChI is InChI=1S/C15H24N2O2S/c1-12(2)17(8-5-10-18)9-11-19-14-7-4-3-6-13(14)15(16)20/h3-4,6-7,12,18H,5,8-11H2,1-2H3,(H2,16,20). The second-order valence-electron chi connectivity index (χ2n) is 4.92. The quantitative estimate of drug-likeness (QED) is 0.680. The van der Waals surface area contributed by atoms with Gasteiger partial charge in [-0.2, -0.15) is 0 Å². The van der Waals surface area contributed by atoms with Crippen LogP contribution in [0.3, 0.4) is 0 Å². The van der Waals surface area contributed by atoms with Gasteiger partial charge in [-0.15, -0.1) is 0 Å². The lowest BCUT2D eigenvalue weighted by molar-refractivity contribution is 0.160. The van der Waals surface area contributed by atoms with Crippen molar-refractivity contribution in [2.45, 2.75) is 26.3 Å². The van der Waals surface area contributed by atoms with Gasteiger partial charge < -0.3 is 15.6 Å². The van der Waals surface area contributed by atoms with Crippen molar-refractivity contribution < 1.29 is 9.84 Å². The molecule has 1 rings (SSSR count). The second-order valence-corrected chi connectivity index (χ2v) is 5.36. The summed E-state index contributed by atoms with van der Waals surface area (Å²) in [5.74, 6) is 0.728. The Bertz CT molecular complexity index is 424. The van der Waals surface area contributed by atoms with Crippen LogP contribution in [-0.2, 0) is 0 Å². The number of benzene rings is 1. The fourth-order valence-corrected chi connectivity index (χ4v) is 2.14. The van der Waals surface area contributed by atoms with Crippen LogP contribution < -0.4 is 10.5 Å². The van der Waals surface area contributed by atoms with Crippen LogP contribution >= 0.6 is 12.2 Å². The summed E-state index contributed by atoms with van der Waals surface area (Å²) in [4.78, 5) is 2.63. The van der Waals surface area contributed by atoms with Gasteiger partial charge in [-0.1, -0.05) is 24.4 Å². The minimum atomic E-state index is 0.217. The molecule has 0 heterocycles. The molecule has 0 fully saturated rings. The number of rotatable bonds is 9. The Hall–Kier alpha value is -1.17. The minimum Gasteiger partial charge on any atom is -0.492 e. The normalized spacial score (nSPS) is 11.1. The van der Waals surface area contributed by atoms with Crippen molar-refractivity contribution in [1.82, 2.24) is 4.90 Å². The van der Waals surface area contributed by atoms with E-state index in [9.17, 15) is 0 Å². The third-order valence-corrected chi connectivity index (χ3v) is 3.34. The van der Waals surface area contributed by atoms with Gasteiger partial charge in [0.2, 0.25) is 0 Å². The van der Waals surface area contributed by atoms with Crippen LogP contribution in [0.2, 0.25) is 0 Å². The Morgan fingerprint density at radius 2 is 2.05 bits per heavy atom. The summed E-state index contributed by atoms with van der Waals surface area (Å²) in [7, 11) is 0. The molecule has 4 nitrogen and oxygen atoms in total. The monoisotopic (exact) mass is 296 g/mol. The third kappa shape index (κ3) is 5.45. The van der Waals surface area contributed by atoms with Crippen LogP contribution in [0.15, 0.2) is 24.3 Å². The summed E-state index contributed by atoms with van der Waals surface area (Å²) in [6.07, 6.45) is 0.779. The molecular weight excluding hydrogens is 272 g/mol. The highest BCUT2D eigenvalue weighted by Crippen LogP contribution is 2.17. The zero-order chi connectivity index (χ0) is 15.0. The number of aliphatic hydroxyl groups is 1. The van der Waals surface area contributed by atoms with Crippen molar-refractivity contribution in [3.05, 3.63) is 29.8 Å². The van der Waals surface area contributed by atoms with Crippen LogP contribution in [0.1, 0.15) is 25.8 Å². The molecule has 0 bridgehead atoms. The molecule has 0 amide bonds. The molecule has 0 saturated heterocycles. The average molecular weight is 296 g/mol. The Morgan fingerprint density at radius 1 is 1.35 bits per heavy atom. The van der Waals surface area contributed by atoms with Gasteiger partial charge in [0.05, 0.1) is 5.56 Å². The molecule has 0 radical (unpaired) electrons. The number of nitrogens with zero attached hydrogens (tertiary/aromatic N) is 1. The molecule has 0 unspecified atom stereocenters. The fraction of sp³-hybridized carbons (Fsp3) is 0.533. The molecule has 1 aromatic carbocycles. The van der Waals surface area contributed by atoms with Gasteiger partial charge in [0.15, 0.2) is 0 Å². The van der Waals surface area contributed by atoms with E-state index in [-0.39, 0.29) is 6.61 Å². The number of hydrogen-bond donors (Lipinski definition) is 2. The van der Waals surface area contributed by atoms with Crippen molar-refractivity contribution in [3.8, 4) is 5.75 Å². The topological polar surface area (TPSA) is 58.7 Å². The van der Waals surface area contributed by atoms with Gasteiger partial charge in [-0.3, -0.25) is 4.90 Å². The first-order valence-corrected chi connectivity index (χ1v) is 7.33. The predicted octanol–water partition coefficient (Wildman–Crippen LogP) is 1.79. The average Bonchev–Trinajstić information content (AvgIpc) is 2.42. The zero-order valence-electron chi connectivity index (χ0n) is 12.2. The summed E-state index contributed by atoms with van der Waals surface area (Å²) in [5, 5.41) is 8.91. The van der Waals surface area contributed by atoms with Crippen molar-refractivity contribution in [3.63, 3.8) is 0 Å². The lowest BCUT2D eigenvalue weighted by atomic mass is 10.2. The van der Waals surface area contributed by atoms with Crippen molar-refractivity contribution >= 4 is 17.2 Å². The highest BCUT2D eigenvalue weighted by molar-refractivity contribution is 7.80. The van der Waals surface area contributed by atoms with E-state index in [2.05, 4.69) is 18.7 Å². The molecule has 0 aliphatic rings. The maximum Gasteiger partial charge on any atom is 0.129 e. The lowest BCUT2D eigenvalue weighted by Crippen LogP contribution is -2.35. The highest BCUT2D eigenvalue weighted by atomic mass is 32.1. The Labute approximate surface area is 126 Å². The zero-order valence-corrected chi connectivity index (χ0v) is 13.0. The van der Waals surface area contributed by atoms with E-state index in [4.69, 9.17) is 27.8 Å². The van der Waals surface area contributed by atoms with E-state index in [1.807, 2.05) is 24.3 Å². The van der Waals surface area contributed by atoms with Crippen LogP contribution in [-0.4, -0.2) is 47.3 Å². The Morgan fingerprint density at radius 3 is 2.65 bits per heavy atom. The van der Waals surface area contributed by atoms with Crippen LogP contribution in [0.5, 0.6) is 5.75 Å². The van der Waals surface area contributed by atoms with Crippen molar-refractivity contribution in [1.29, 1.82) is 0 Å². The molecule has 112 valence electrons. The molecule has 3 N–H and O–H groups in total. The Kier molecular flexibility index (Phi) is 7.51. The van der Waals surface area contributed by atoms with E-state index < -0.39 is 0 Å². The van der Waals surface area contributed by atoms with Gasteiger partial charge >= 0.3 is 0 Å². The Balaban J connectivity index is 2.52. The van der Waals surface area contributed by atoms with Crippen molar-refractivity contribution in [2.75, 3.05) is 26.3 Å². The number of thiocarbonyl (C=S) groups is 1. The summed E-state index contributed by atoms with van der Waals surface area (Å²) in [6.45, 7) is 6.75. The molecule has 0 saturated carbocycles. The summed E-state index contributed by atoms with van der Waals surface area (Å²) < 4.78 is 5.79. The first-order valence-electron chi connectivity index (χ1n) is 6.92. The number of aliphatic hydroxyl groups excluding tert-OH is 1. The first kappa shape index (κ1) is 16.9. The fourth-order valence-electron chi connectivity index (χ4n) is 1.97. The van der Waals surface area contributed by atoms with E-state index in [1.54, 1.807) is 0 Å². The molecule has 20 heavy (non-hydrogen) atoms. The number of nitrogens with two attached hydrogens (primary N) is 1. The molecule has 5 heteroatoms. The van der Waals surface area contributed by atoms with Crippen LogP contribution in [0.4, 0.5) is 0 Å². The van der Waals surface area contributed by atoms with E-state index in [0.717, 1.165) is 30.8 Å². The second kappa shape index (κ2) is 8.89. The van der Waals surface area contributed by atoms with E-state index in [1.165, 1.54) is 0 Å². The van der Waals surface area contributed by atoms with Gasteiger partial charge in [0.1, 0.15) is 17.3 Å². The molecular formula is C15H24N2O2S. The van der Waals surface area contributed by atoms with Gasteiger partial charge in [-0.25, -0.2) is 0 Å². The van der Waals surface area contributed by atoms with Crippen LogP contribution in [0.25, 0.3) is 0 Å². The minimum absolute atomic E-state index is 0.217. The summed E-state index contributed by atoms with van der Waals surface area (Å²) >= 11 is 5.01. The van der Waals surface area contributed by atoms with Gasteiger partial charge in [0, 0.05) is 25.7 Å². The first-order chi connectivity index (χ1) is 9.56. The maximum absolute atomic E-state index is 8.91. The van der Waals surface area contributed by atoms with E-state index in [0.29, 0.717) is 17.6 Å².